The molecular formula is C16H23ClN2O3. The predicted octanol–water partition coefficient (Wildman–Crippen LogP) is 2.14. The third kappa shape index (κ3) is 5.31. The summed E-state index contributed by atoms with van der Waals surface area (Å²) in [6.07, 6.45) is 0.708. The van der Waals surface area contributed by atoms with Gasteiger partial charge in [-0.05, 0) is 31.9 Å². The molecule has 0 aliphatic heterocycles. The van der Waals surface area contributed by atoms with Crippen LogP contribution in [0.25, 0.3) is 0 Å². The van der Waals surface area contributed by atoms with Crippen LogP contribution in [0, 0.1) is 5.41 Å². The molecule has 2 amide bonds. The zero-order chi connectivity index (χ0) is 16.6. The first-order valence-electron chi connectivity index (χ1n) is 7.18. The molecular weight excluding hydrogens is 304 g/mol. The van der Waals surface area contributed by atoms with Gasteiger partial charge in [0.1, 0.15) is 5.41 Å². The number of benzene rings is 1. The molecule has 1 aromatic rings. The number of carbonyl (C=O) groups excluding carboxylic acids is 2. The monoisotopic (exact) mass is 326 g/mol. The number of hydrogen-bond donors (Lipinski definition) is 2. The summed E-state index contributed by atoms with van der Waals surface area (Å²) in [5.74, 6) is -0.642. The summed E-state index contributed by atoms with van der Waals surface area (Å²) in [6.45, 7) is 4.54. The van der Waals surface area contributed by atoms with Gasteiger partial charge in [-0.2, -0.15) is 0 Å². The minimum atomic E-state index is -1.14. The predicted molar refractivity (Wildman–Crippen MR) is 86.6 cm³/mol. The molecule has 0 aliphatic rings. The minimum Gasteiger partial charge on any atom is -0.385 e. The Kier molecular flexibility index (Phi) is 7.35. The Labute approximate surface area is 136 Å². The topological polar surface area (TPSA) is 67.4 Å². The van der Waals surface area contributed by atoms with Crippen molar-refractivity contribution in [3.8, 4) is 0 Å². The van der Waals surface area contributed by atoms with Crippen molar-refractivity contribution in [1.82, 2.24) is 10.6 Å². The number of rotatable bonds is 8. The van der Waals surface area contributed by atoms with E-state index in [0.717, 1.165) is 5.56 Å². The van der Waals surface area contributed by atoms with Gasteiger partial charge in [0.25, 0.3) is 0 Å². The lowest BCUT2D eigenvalue weighted by atomic mass is 9.91. The lowest BCUT2D eigenvalue weighted by molar-refractivity contribution is -0.141. The molecule has 0 atom stereocenters. The molecule has 0 radical (unpaired) electrons. The summed E-state index contributed by atoms with van der Waals surface area (Å²) in [7, 11) is 1.61. The van der Waals surface area contributed by atoms with Gasteiger partial charge in [-0.1, -0.05) is 29.8 Å². The van der Waals surface area contributed by atoms with Crippen LogP contribution in [0.4, 0.5) is 0 Å². The van der Waals surface area contributed by atoms with E-state index in [1.165, 1.54) is 0 Å². The second-order valence-corrected chi connectivity index (χ2v) is 5.91. The van der Waals surface area contributed by atoms with Crippen LogP contribution in [0.3, 0.4) is 0 Å². The van der Waals surface area contributed by atoms with E-state index in [0.29, 0.717) is 31.1 Å². The van der Waals surface area contributed by atoms with Gasteiger partial charge in [0.2, 0.25) is 11.8 Å². The SMILES string of the molecule is COCCCNC(=O)C(C)(C)C(=O)NCc1ccccc1Cl. The lowest BCUT2D eigenvalue weighted by Gasteiger charge is -2.23. The van der Waals surface area contributed by atoms with Crippen molar-refractivity contribution in [2.75, 3.05) is 20.3 Å². The van der Waals surface area contributed by atoms with Crippen molar-refractivity contribution in [3.05, 3.63) is 34.9 Å². The van der Waals surface area contributed by atoms with E-state index in [4.69, 9.17) is 16.3 Å². The molecule has 0 unspecified atom stereocenters. The summed E-state index contributed by atoms with van der Waals surface area (Å²) < 4.78 is 4.91. The summed E-state index contributed by atoms with van der Waals surface area (Å²) in [5.41, 5.74) is -0.331. The van der Waals surface area contributed by atoms with Crippen LogP contribution in [-0.4, -0.2) is 32.1 Å². The van der Waals surface area contributed by atoms with Gasteiger partial charge in [-0.25, -0.2) is 0 Å². The van der Waals surface area contributed by atoms with E-state index in [9.17, 15) is 9.59 Å². The molecule has 1 aromatic carbocycles. The molecule has 22 heavy (non-hydrogen) atoms. The molecule has 0 saturated heterocycles. The fourth-order valence-corrected chi connectivity index (χ4v) is 1.98. The normalized spacial score (nSPS) is 11.1. The van der Waals surface area contributed by atoms with Crippen LogP contribution in [0.1, 0.15) is 25.8 Å². The van der Waals surface area contributed by atoms with E-state index in [1.807, 2.05) is 18.2 Å². The second kappa shape index (κ2) is 8.76. The van der Waals surface area contributed by atoms with Gasteiger partial charge in [-0.3, -0.25) is 9.59 Å². The molecule has 0 saturated carbocycles. The van der Waals surface area contributed by atoms with Crippen molar-refractivity contribution in [2.45, 2.75) is 26.8 Å². The highest BCUT2D eigenvalue weighted by Gasteiger charge is 2.35. The number of halogens is 1. The van der Waals surface area contributed by atoms with Crippen LogP contribution >= 0.6 is 11.6 Å². The van der Waals surface area contributed by atoms with Gasteiger partial charge in [0.05, 0.1) is 0 Å². The molecule has 0 spiro atoms. The Morgan fingerprint density at radius 1 is 1.18 bits per heavy atom. The fourth-order valence-electron chi connectivity index (χ4n) is 1.78. The Morgan fingerprint density at radius 2 is 1.82 bits per heavy atom. The molecule has 0 fully saturated rings. The van der Waals surface area contributed by atoms with E-state index in [2.05, 4.69) is 10.6 Å². The number of ether oxygens (including phenoxy) is 1. The third-order valence-electron chi connectivity index (χ3n) is 3.34. The molecule has 0 aliphatic carbocycles. The van der Waals surface area contributed by atoms with Crippen LogP contribution in [-0.2, 0) is 20.9 Å². The molecule has 6 heteroatoms. The van der Waals surface area contributed by atoms with Crippen LogP contribution in [0.15, 0.2) is 24.3 Å². The molecule has 0 bridgehead atoms. The zero-order valence-electron chi connectivity index (χ0n) is 13.2. The van der Waals surface area contributed by atoms with E-state index >= 15 is 0 Å². The first-order valence-corrected chi connectivity index (χ1v) is 7.56. The molecule has 122 valence electrons. The fraction of sp³-hybridized carbons (Fsp3) is 0.500. The quantitative estimate of drug-likeness (QED) is 0.568. The van der Waals surface area contributed by atoms with Gasteiger partial charge >= 0.3 is 0 Å². The average Bonchev–Trinajstić information content (AvgIpc) is 2.50. The highest BCUT2D eigenvalue weighted by Crippen LogP contribution is 2.18. The standard InChI is InChI=1S/C16H23ClN2O3/c1-16(2,14(20)18-9-6-10-22-3)15(21)19-11-12-7-4-5-8-13(12)17/h4-5,7-8H,6,9-11H2,1-3H3,(H,18,20)(H,19,21). The second-order valence-electron chi connectivity index (χ2n) is 5.50. The summed E-state index contributed by atoms with van der Waals surface area (Å²) in [5, 5.41) is 6.08. The Morgan fingerprint density at radius 3 is 2.45 bits per heavy atom. The maximum Gasteiger partial charge on any atom is 0.235 e. The highest BCUT2D eigenvalue weighted by atomic mass is 35.5. The van der Waals surface area contributed by atoms with Crippen molar-refractivity contribution < 1.29 is 14.3 Å². The lowest BCUT2D eigenvalue weighted by Crippen LogP contribution is -2.48. The molecule has 0 heterocycles. The molecule has 1 rings (SSSR count). The van der Waals surface area contributed by atoms with Crippen molar-refractivity contribution in [2.24, 2.45) is 5.41 Å². The smallest absolute Gasteiger partial charge is 0.235 e. The first kappa shape index (κ1) is 18.5. The van der Waals surface area contributed by atoms with E-state index in [1.54, 1.807) is 27.0 Å². The largest absolute Gasteiger partial charge is 0.385 e. The summed E-state index contributed by atoms with van der Waals surface area (Å²) in [4.78, 5) is 24.3. The third-order valence-corrected chi connectivity index (χ3v) is 3.71. The Bertz CT molecular complexity index is 518. The van der Waals surface area contributed by atoms with E-state index in [-0.39, 0.29) is 11.8 Å². The Hall–Kier alpha value is -1.59. The van der Waals surface area contributed by atoms with Gasteiger partial charge in [-0.15, -0.1) is 0 Å². The number of amides is 2. The molecule has 2 N–H and O–H groups in total. The van der Waals surface area contributed by atoms with Crippen LogP contribution in [0.2, 0.25) is 5.02 Å². The van der Waals surface area contributed by atoms with Crippen molar-refractivity contribution in [1.29, 1.82) is 0 Å². The minimum absolute atomic E-state index is 0.291. The van der Waals surface area contributed by atoms with Gasteiger partial charge in [0, 0.05) is 31.8 Å². The first-order chi connectivity index (χ1) is 10.4. The number of hydrogen-bond acceptors (Lipinski definition) is 3. The molecule has 5 nitrogen and oxygen atoms in total. The summed E-state index contributed by atoms with van der Waals surface area (Å²) in [6, 6.07) is 7.27. The zero-order valence-corrected chi connectivity index (χ0v) is 14.0. The maximum atomic E-state index is 12.2. The molecule has 0 aromatic heterocycles. The van der Waals surface area contributed by atoms with Crippen molar-refractivity contribution in [3.63, 3.8) is 0 Å². The average molecular weight is 327 g/mol. The van der Waals surface area contributed by atoms with Crippen molar-refractivity contribution >= 4 is 23.4 Å². The highest BCUT2D eigenvalue weighted by molar-refractivity contribution is 6.31. The van der Waals surface area contributed by atoms with Crippen LogP contribution < -0.4 is 10.6 Å². The number of methoxy groups -OCH3 is 1. The number of carbonyl (C=O) groups is 2. The van der Waals surface area contributed by atoms with Gasteiger partial charge < -0.3 is 15.4 Å². The maximum absolute atomic E-state index is 12.2. The Balaban J connectivity index is 2.51. The van der Waals surface area contributed by atoms with E-state index < -0.39 is 5.41 Å². The van der Waals surface area contributed by atoms with Crippen LogP contribution in [0.5, 0.6) is 0 Å². The number of nitrogens with one attached hydrogen (secondary N) is 2. The summed E-state index contributed by atoms with van der Waals surface area (Å²) >= 11 is 6.04. The van der Waals surface area contributed by atoms with Gasteiger partial charge in [0.15, 0.2) is 0 Å².